The zero-order valence-electron chi connectivity index (χ0n) is 7.91. The number of nitrogens with zero attached hydrogens (tertiary/aromatic N) is 4. The second-order valence-corrected chi connectivity index (χ2v) is 4.01. The van der Waals surface area contributed by atoms with Crippen LogP contribution in [0.4, 0.5) is 0 Å². The summed E-state index contributed by atoms with van der Waals surface area (Å²) >= 11 is 1.57. The molecule has 0 N–H and O–H groups in total. The first kappa shape index (κ1) is 9.26. The molecule has 14 heavy (non-hydrogen) atoms. The minimum atomic E-state index is -0.192. The summed E-state index contributed by atoms with van der Waals surface area (Å²) in [6.45, 7) is 1.93. The Kier molecular flexibility index (Phi) is 2.28. The average molecular weight is 210 g/mol. The summed E-state index contributed by atoms with van der Waals surface area (Å²) in [4.78, 5) is 11.7. The molecule has 0 aliphatic heterocycles. The molecule has 0 aromatic carbocycles. The van der Waals surface area contributed by atoms with Crippen LogP contribution in [0.15, 0.2) is 23.1 Å². The maximum atomic E-state index is 11.7. The van der Waals surface area contributed by atoms with Gasteiger partial charge in [-0.1, -0.05) is 0 Å². The Hall–Kier alpha value is -1.30. The predicted octanol–water partition coefficient (Wildman–Crippen LogP) is 0.772. The van der Waals surface area contributed by atoms with Gasteiger partial charge in [0.25, 0.3) is 0 Å². The number of fused-ring (bicyclic) bond motifs is 1. The first-order valence-corrected chi connectivity index (χ1v) is 5.48. The third kappa shape index (κ3) is 1.31. The van der Waals surface area contributed by atoms with E-state index in [1.807, 2.05) is 13.2 Å². The van der Waals surface area contributed by atoms with E-state index in [0.29, 0.717) is 5.65 Å². The van der Waals surface area contributed by atoms with Crippen LogP contribution in [0.1, 0.15) is 12.3 Å². The summed E-state index contributed by atoms with van der Waals surface area (Å²) in [7, 11) is 0. The second-order valence-electron chi connectivity index (χ2n) is 2.86. The third-order valence-corrected chi connectivity index (χ3v) is 2.89. The van der Waals surface area contributed by atoms with E-state index >= 15 is 0 Å². The van der Waals surface area contributed by atoms with Crippen molar-refractivity contribution in [1.82, 2.24) is 19.4 Å². The zero-order chi connectivity index (χ0) is 10.1. The molecule has 0 saturated carbocycles. The van der Waals surface area contributed by atoms with Crippen molar-refractivity contribution in [3.63, 3.8) is 0 Å². The molecule has 6 heteroatoms. The van der Waals surface area contributed by atoms with Gasteiger partial charge in [0.1, 0.15) is 0 Å². The SMILES string of the molecule is CSC(C)n1nc2cccnn2c1=O. The van der Waals surface area contributed by atoms with Crippen LogP contribution < -0.4 is 5.69 Å². The van der Waals surface area contributed by atoms with Crippen molar-refractivity contribution in [3.8, 4) is 0 Å². The van der Waals surface area contributed by atoms with Crippen molar-refractivity contribution in [2.75, 3.05) is 6.26 Å². The molecule has 1 atom stereocenters. The van der Waals surface area contributed by atoms with E-state index in [4.69, 9.17) is 0 Å². The van der Waals surface area contributed by atoms with Gasteiger partial charge >= 0.3 is 5.69 Å². The van der Waals surface area contributed by atoms with Crippen LogP contribution in [0.2, 0.25) is 0 Å². The van der Waals surface area contributed by atoms with Crippen molar-refractivity contribution in [1.29, 1.82) is 0 Å². The fourth-order valence-corrected chi connectivity index (χ4v) is 1.51. The highest BCUT2D eigenvalue weighted by atomic mass is 32.2. The van der Waals surface area contributed by atoms with Crippen molar-refractivity contribution in [3.05, 3.63) is 28.8 Å². The van der Waals surface area contributed by atoms with Crippen LogP contribution >= 0.6 is 11.8 Å². The number of hydrogen-bond donors (Lipinski definition) is 0. The second kappa shape index (κ2) is 3.45. The van der Waals surface area contributed by atoms with E-state index in [1.165, 1.54) is 9.20 Å². The molecule has 74 valence electrons. The molecule has 2 aromatic heterocycles. The van der Waals surface area contributed by atoms with Gasteiger partial charge < -0.3 is 0 Å². The molecule has 2 rings (SSSR count). The largest absolute Gasteiger partial charge is 0.368 e. The molecule has 0 aliphatic carbocycles. The van der Waals surface area contributed by atoms with Crippen LogP contribution in [0.5, 0.6) is 0 Å². The Balaban J connectivity index is 2.69. The Labute approximate surface area is 84.7 Å². The fourth-order valence-electron chi connectivity index (χ4n) is 1.17. The van der Waals surface area contributed by atoms with Gasteiger partial charge in [-0.15, -0.1) is 16.9 Å². The van der Waals surface area contributed by atoms with Crippen molar-refractivity contribution >= 4 is 17.4 Å². The zero-order valence-corrected chi connectivity index (χ0v) is 8.73. The lowest BCUT2D eigenvalue weighted by Crippen LogP contribution is -2.23. The molecule has 2 heterocycles. The van der Waals surface area contributed by atoms with Gasteiger partial charge in [0.05, 0.1) is 5.37 Å². The van der Waals surface area contributed by atoms with Gasteiger partial charge in [0, 0.05) is 6.20 Å². The monoisotopic (exact) mass is 210 g/mol. The number of rotatable bonds is 2. The molecule has 0 radical (unpaired) electrons. The predicted molar refractivity (Wildman–Crippen MR) is 55.5 cm³/mol. The summed E-state index contributed by atoms with van der Waals surface area (Å²) in [6.07, 6.45) is 3.51. The van der Waals surface area contributed by atoms with Gasteiger partial charge in [-0.05, 0) is 25.3 Å². The first-order valence-electron chi connectivity index (χ1n) is 4.19. The van der Waals surface area contributed by atoms with Gasteiger partial charge in [0.2, 0.25) is 0 Å². The Morgan fingerprint density at radius 3 is 3.00 bits per heavy atom. The topological polar surface area (TPSA) is 52.2 Å². The molecular formula is C8H10N4OS. The smallest absolute Gasteiger partial charge is 0.244 e. The Bertz CT molecular complexity index is 503. The van der Waals surface area contributed by atoms with E-state index in [0.717, 1.165) is 0 Å². The van der Waals surface area contributed by atoms with E-state index in [1.54, 1.807) is 30.1 Å². The highest BCUT2D eigenvalue weighted by Crippen LogP contribution is 2.15. The van der Waals surface area contributed by atoms with Crippen LogP contribution in [-0.4, -0.2) is 25.7 Å². The lowest BCUT2D eigenvalue weighted by Gasteiger charge is -2.04. The number of hydrogen-bond acceptors (Lipinski definition) is 4. The Morgan fingerprint density at radius 1 is 1.57 bits per heavy atom. The fraction of sp³-hybridized carbons (Fsp3) is 0.375. The molecule has 0 bridgehead atoms. The van der Waals surface area contributed by atoms with E-state index in [9.17, 15) is 4.79 Å². The first-order chi connectivity index (χ1) is 6.74. The molecule has 0 saturated heterocycles. The van der Waals surface area contributed by atoms with Gasteiger partial charge in [-0.2, -0.15) is 14.3 Å². The maximum absolute atomic E-state index is 11.7. The average Bonchev–Trinajstić information content (AvgIpc) is 2.56. The normalized spacial score (nSPS) is 13.3. The van der Waals surface area contributed by atoms with Gasteiger partial charge in [-0.25, -0.2) is 4.79 Å². The van der Waals surface area contributed by atoms with Crippen LogP contribution in [0, 0.1) is 0 Å². The lowest BCUT2D eigenvalue weighted by molar-refractivity contribution is 0.612. The van der Waals surface area contributed by atoms with E-state index in [-0.39, 0.29) is 11.1 Å². The molecule has 0 fully saturated rings. The van der Waals surface area contributed by atoms with Crippen molar-refractivity contribution in [2.45, 2.75) is 12.3 Å². The van der Waals surface area contributed by atoms with Crippen LogP contribution in [-0.2, 0) is 0 Å². The Morgan fingerprint density at radius 2 is 2.36 bits per heavy atom. The number of thioether (sulfide) groups is 1. The summed E-state index contributed by atoms with van der Waals surface area (Å²) in [5.74, 6) is 0. The van der Waals surface area contributed by atoms with Gasteiger partial charge in [0.15, 0.2) is 5.65 Å². The summed E-state index contributed by atoms with van der Waals surface area (Å²) < 4.78 is 2.74. The summed E-state index contributed by atoms with van der Waals surface area (Å²) in [5, 5.41) is 8.13. The molecule has 1 unspecified atom stereocenters. The van der Waals surface area contributed by atoms with Crippen molar-refractivity contribution < 1.29 is 0 Å². The van der Waals surface area contributed by atoms with Crippen LogP contribution in [0.25, 0.3) is 5.65 Å². The minimum Gasteiger partial charge on any atom is -0.244 e. The summed E-state index contributed by atoms with van der Waals surface area (Å²) in [6, 6.07) is 3.52. The van der Waals surface area contributed by atoms with E-state index in [2.05, 4.69) is 10.2 Å². The van der Waals surface area contributed by atoms with Crippen molar-refractivity contribution in [2.24, 2.45) is 0 Å². The highest BCUT2D eigenvalue weighted by Gasteiger charge is 2.11. The molecule has 0 aliphatic rings. The lowest BCUT2D eigenvalue weighted by atomic mass is 10.6. The third-order valence-electron chi connectivity index (χ3n) is 2.00. The standard InChI is InChI=1S/C8H10N4OS/c1-6(14-2)11-8(13)12-7(10-11)4-3-5-9-12/h3-6H,1-2H3. The quantitative estimate of drug-likeness (QED) is 0.734. The maximum Gasteiger partial charge on any atom is 0.368 e. The molecule has 2 aromatic rings. The molecule has 5 nitrogen and oxygen atoms in total. The summed E-state index contributed by atoms with van der Waals surface area (Å²) in [5.41, 5.74) is 0.390. The molecule has 0 amide bonds. The minimum absolute atomic E-state index is 0.0317. The van der Waals surface area contributed by atoms with E-state index < -0.39 is 0 Å². The molecule has 0 spiro atoms. The number of aromatic nitrogens is 4. The highest BCUT2D eigenvalue weighted by molar-refractivity contribution is 7.98. The molecular weight excluding hydrogens is 200 g/mol. The van der Waals surface area contributed by atoms with Gasteiger partial charge in [-0.3, -0.25) is 0 Å². The van der Waals surface area contributed by atoms with Crippen LogP contribution in [0.3, 0.4) is 0 Å².